The highest BCUT2D eigenvalue weighted by atomic mass is 16.5. The number of hydrogen-bond donors (Lipinski definition) is 1. The Kier molecular flexibility index (Phi) is 5.41. The van der Waals surface area contributed by atoms with E-state index in [4.69, 9.17) is 4.74 Å². The molecule has 2 fully saturated rings. The van der Waals surface area contributed by atoms with Gasteiger partial charge < -0.3 is 19.6 Å². The maximum Gasteiger partial charge on any atom is 0.336 e. The lowest BCUT2D eigenvalue weighted by atomic mass is 9.77. The first-order valence-electron chi connectivity index (χ1n) is 11.0. The minimum absolute atomic E-state index is 0.0928. The number of cyclic esters (lactones) is 1. The van der Waals surface area contributed by atoms with E-state index >= 15 is 0 Å². The summed E-state index contributed by atoms with van der Waals surface area (Å²) >= 11 is 0. The van der Waals surface area contributed by atoms with E-state index in [1.807, 2.05) is 0 Å². The topological polar surface area (TPSA) is 139 Å². The van der Waals surface area contributed by atoms with Crippen LogP contribution in [0, 0.1) is 12.3 Å². The van der Waals surface area contributed by atoms with Gasteiger partial charge in [0.05, 0.1) is 34.3 Å². The van der Waals surface area contributed by atoms with Crippen molar-refractivity contribution in [3.05, 3.63) is 35.2 Å². The van der Waals surface area contributed by atoms with Crippen molar-refractivity contribution in [2.24, 2.45) is 5.41 Å². The lowest BCUT2D eigenvalue weighted by molar-refractivity contribution is -0.138. The first kappa shape index (κ1) is 21.6. The molecule has 2 aromatic heterocycles. The number of piperidine rings is 1. The number of carbonyl (C=O) groups is 2. The molecule has 1 N–H and O–H groups in total. The number of amides is 1. The largest absolute Gasteiger partial charge is 0.456 e. The normalized spacial score (nSPS) is 21.8. The average Bonchev–Trinajstić information content (AvgIpc) is 3.53. The number of carbonyl (C=O) groups excluding carboxylic acids is 2. The van der Waals surface area contributed by atoms with E-state index in [0.29, 0.717) is 54.7 Å². The summed E-state index contributed by atoms with van der Waals surface area (Å²) in [6, 6.07) is 0. The van der Waals surface area contributed by atoms with Crippen LogP contribution in [0.25, 0.3) is 5.82 Å². The summed E-state index contributed by atoms with van der Waals surface area (Å²) in [6.07, 6.45) is 4.39. The highest BCUT2D eigenvalue weighted by molar-refractivity contribution is 5.94. The molecule has 12 heteroatoms. The number of likely N-dealkylation sites (tertiary alicyclic amines) is 2. The summed E-state index contributed by atoms with van der Waals surface area (Å²) in [4.78, 5) is 37.7. The van der Waals surface area contributed by atoms with Gasteiger partial charge in [-0.2, -0.15) is 4.68 Å². The Labute approximate surface area is 190 Å². The fourth-order valence-corrected chi connectivity index (χ4v) is 4.97. The molecule has 1 spiro atoms. The summed E-state index contributed by atoms with van der Waals surface area (Å²) in [5.41, 5.74) is 1.97. The predicted molar refractivity (Wildman–Crippen MR) is 113 cm³/mol. The number of aromatic nitrogens is 6. The van der Waals surface area contributed by atoms with Crippen molar-refractivity contribution in [2.45, 2.75) is 39.2 Å². The van der Waals surface area contributed by atoms with Crippen molar-refractivity contribution in [2.75, 3.05) is 32.8 Å². The van der Waals surface area contributed by atoms with Gasteiger partial charge in [-0.3, -0.25) is 9.78 Å². The van der Waals surface area contributed by atoms with Crippen LogP contribution in [-0.2, 0) is 14.3 Å². The van der Waals surface area contributed by atoms with Crippen molar-refractivity contribution >= 4 is 11.9 Å². The number of nitrogens with zero attached hydrogens (tertiary/aromatic N) is 8. The van der Waals surface area contributed by atoms with Crippen LogP contribution in [0.15, 0.2) is 23.8 Å². The van der Waals surface area contributed by atoms with Crippen LogP contribution in [-0.4, -0.2) is 89.7 Å². The molecule has 3 aliphatic heterocycles. The molecule has 0 aromatic carbocycles. The van der Waals surface area contributed by atoms with Crippen molar-refractivity contribution < 1.29 is 19.4 Å². The number of tetrazole rings is 1. The number of hydrogen-bond acceptors (Lipinski definition) is 10. The number of esters is 1. The minimum Gasteiger partial charge on any atom is -0.456 e. The molecule has 0 saturated carbocycles. The fourth-order valence-electron chi connectivity index (χ4n) is 4.97. The highest BCUT2D eigenvalue weighted by Gasteiger charge is 2.50. The molecular weight excluding hydrogens is 428 g/mol. The SMILES string of the molecule is CC1=C(N2CCC3(CCN(CC(O)c4ncc(-n5cnnn5)nc4C)CC3)C2=O)COC1=O. The van der Waals surface area contributed by atoms with Crippen LogP contribution in [0.1, 0.15) is 43.7 Å². The second-order valence-corrected chi connectivity index (χ2v) is 8.90. The molecular formula is C21H26N8O4. The molecule has 5 rings (SSSR count). The van der Waals surface area contributed by atoms with Crippen LogP contribution in [0.5, 0.6) is 0 Å². The van der Waals surface area contributed by atoms with Crippen molar-refractivity contribution in [1.82, 2.24) is 40.0 Å². The Morgan fingerprint density at radius 1 is 1.18 bits per heavy atom. The Morgan fingerprint density at radius 3 is 2.58 bits per heavy atom. The zero-order valence-electron chi connectivity index (χ0n) is 18.6. The lowest BCUT2D eigenvalue weighted by Gasteiger charge is -2.38. The van der Waals surface area contributed by atoms with Crippen LogP contribution < -0.4 is 0 Å². The molecule has 1 atom stereocenters. The monoisotopic (exact) mass is 454 g/mol. The molecule has 5 heterocycles. The number of aliphatic hydroxyl groups excluding tert-OH is 1. The zero-order chi connectivity index (χ0) is 23.2. The molecule has 1 amide bonds. The average molecular weight is 454 g/mol. The first-order chi connectivity index (χ1) is 15.9. The second kappa shape index (κ2) is 8.27. The number of β-amino-alcohol motifs (C(OH)–C–C–N with tert-alkyl or cyclic N) is 1. The Bertz CT molecular complexity index is 1110. The molecule has 3 aliphatic rings. The zero-order valence-corrected chi connectivity index (χ0v) is 18.6. The smallest absolute Gasteiger partial charge is 0.336 e. The molecule has 174 valence electrons. The lowest BCUT2D eigenvalue weighted by Crippen LogP contribution is -2.45. The van der Waals surface area contributed by atoms with Gasteiger partial charge in [0.2, 0.25) is 5.91 Å². The fraction of sp³-hybridized carbons (Fsp3) is 0.571. The highest BCUT2D eigenvalue weighted by Crippen LogP contribution is 2.43. The van der Waals surface area contributed by atoms with E-state index < -0.39 is 11.5 Å². The van der Waals surface area contributed by atoms with E-state index in [0.717, 1.165) is 19.3 Å². The standard InChI is InChI=1S/C21H26N8O4/c1-13-15(11-33-19(13)31)28-8-5-21(20(28)32)3-6-27(7-4-21)10-16(30)18-14(2)24-17(9-22-18)29-12-23-25-26-29/h9,12,16,30H,3-8,10-11H2,1-2H3. The quantitative estimate of drug-likeness (QED) is 0.611. The molecule has 0 aliphatic carbocycles. The first-order valence-corrected chi connectivity index (χ1v) is 11.0. The van der Waals surface area contributed by atoms with Gasteiger partial charge in [-0.05, 0) is 56.6 Å². The van der Waals surface area contributed by atoms with Crippen molar-refractivity contribution in [3.8, 4) is 5.82 Å². The van der Waals surface area contributed by atoms with Gasteiger partial charge in [0, 0.05) is 13.1 Å². The summed E-state index contributed by atoms with van der Waals surface area (Å²) in [5, 5.41) is 21.8. The molecule has 0 bridgehead atoms. The van der Waals surface area contributed by atoms with Gasteiger partial charge in [-0.1, -0.05) is 0 Å². The number of rotatable bonds is 5. The van der Waals surface area contributed by atoms with Crippen LogP contribution in [0.2, 0.25) is 0 Å². The number of ether oxygens (including phenoxy) is 1. The number of aryl methyl sites for hydroxylation is 1. The van der Waals surface area contributed by atoms with E-state index in [-0.39, 0.29) is 18.5 Å². The molecule has 12 nitrogen and oxygen atoms in total. The second-order valence-electron chi connectivity index (χ2n) is 8.90. The van der Waals surface area contributed by atoms with E-state index in [1.54, 1.807) is 18.7 Å². The van der Waals surface area contributed by atoms with E-state index in [9.17, 15) is 14.7 Å². The third kappa shape index (κ3) is 3.78. The Balaban J connectivity index is 1.21. The summed E-state index contributed by atoms with van der Waals surface area (Å²) in [7, 11) is 0. The van der Waals surface area contributed by atoms with Crippen molar-refractivity contribution in [1.29, 1.82) is 0 Å². The van der Waals surface area contributed by atoms with Gasteiger partial charge in [-0.25, -0.2) is 9.78 Å². The van der Waals surface area contributed by atoms with Gasteiger partial charge >= 0.3 is 5.97 Å². The maximum atomic E-state index is 13.3. The minimum atomic E-state index is -0.792. The van der Waals surface area contributed by atoms with Gasteiger partial charge in [0.25, 0.3) is 0 Å². The summed E-state index contributed by atoms with van der Waals surface area (Å²) in [5.74, 6) is 0.236. The van der Waals surface area contributed by atoms with Gasteiger partial charge in [0.1, 0.15) is 19.0 Å². The van der Waals surface area contributed by atoms with Crippen LogP contribution in [0.4, 0.5) is 0 Å². The number of aliphatic hydroxyl groups is 1. The maximum absolute atomic E-state index is 13.3. The Hall–Kier alpha value is -3.25. The molecule has 1 unspecified atom stereocenters. The third-order valence-electron chi connectivity index (χ3n) is 7.03. The van der Waals surface area contributed by atoms with E-state index in [2.05, 4.69) is 30.4 Å². The van der Waals surface area contributed by atoms with Crippen LogP contribution >= 0.6 is 0 Å². The van der Waals surface area contributed by atoms with Gasteiger partial charge in [0.15, 0.2) is 5.82 Å². The molecule has 2 saturated heterocycles. The Morgan fingerprint density at radius 2 is 1.94 bits per heavy atom. The van der Waals surface area contributed by atoms with Crippen LogP contribution in [0.3, 0.4) is 0 Å². The van der Waals surface area contributed by atoms with Crippen molar-refractivity contribution in [3.63, 3.8) is 0 Å². The molecule has 33 heavy (non-hydrogen) atoms. The molecule has 2 aromatic rings. The summed E-state index contributed by atoms with van der Waals surface area (Å²) < 4.78 is 6.50. The molecule has 0 radical (unpaired) electrons. The van der Waals surface area contributed by atoms with Gasteiger partial charge in [-0.15, -0.1) is 5.10 Å². The third-order valence-corrected chi connectivity index (χ3v) is 7.03. The summed E-state index contributed by atoms with van der Waals surface area (Å²) in [6.45, 7) is 6.14. The van der Waals surface area contributed by atoms with E-state index in [1.165, 1.54) is 17.2 Å². The predicted octanol–water partition coefficient (Wildman–Crippen LogP) is -0.0606.